The van der Waals surface area contributed by atoms with Crippen LogP contribution in [0.3, 0.4) is 0 Å². The van der Waals surface area contributed by atoms with Crippen LogP contribution < -0.4 is 0 Å². The van der Waals surface area contributed by atoms with E-state index in [9.17, 15) is 9.59 Å². The molecule has 0 radical (unpaired) electrons. The second-order valence-corrected chi connectivity index (χ2v) is 6.86. The van der Waals surface area contributed by atoms with Crippen molar-refractivity contribution in [3.8, 4) is 0 Å². The smallest absolute Gasteiger partial charge is 0.228 e. The molecule has 2 aliphatic heterocycles. The van der Waals surface area contributed by atoms with Crippen molar-refractivity contribution in [3.63, 3.8) is 0 Å². The summed E-state index contributed by atoms with van der Waals surface area (Å²) in [5, 5.41) is 0. The van der Waals surface area contributed by atoms with Gasteiger partial charge in [-0.2, -0.15) is 0 Å². The Bertz CT molecular complexity index is 742. The van der Waals surface area contributed by atoms with Gasteiger partial charge in [0.15, 0.2) is 0 Å². The molecule has 3 heterocycles. The number of rotatable bonds is 4. The van der Waals surface area contributed by atoms with Crippen molar-refractivity contribution in [2.75, 3.05) is 13.1 Å². The summed E-state index contributed by atoms with van der Waals surface area (Å²) in [7, 11) is 0. The molecule has 0 N–H and O–H groups in total. The van der Waals surface area contributed by atoms with Crippen LogP contribution >= 0.6 is 0 Å². The lowest BCUT2D eigenvalue weighted by atomic mass is 10.0. The van der Waals surface area contributed by atoms with Crippen molar-refractivity contribution in [1.29, 1.82) is 0 Å². The molecule has 0 aliphatic carbocycles. The Kier molecular flexibility index (Phi) is 4.30. The maximum Gasteiger partial charge on any atom is 0.228 e. The first-order chi connectivity index (χ1) is 12.2. The zero-order chi connectivity index (χ0) is 17.2. The molecule has 2 aliphatic rings. The van der Waals surface area contributed by atoms with E-state index in [-0.39, 0.29) is 23.8 Å². The Balaban J connectivity index is 1.45. The third kappa shape index (κ3) is 3.18. The quantitative estimate of drug-likeness (QED) is 0.861. The summed E-state index contributed by atoms with van der Waals surface area (Å²) in [6, 6.07) is 14.0. The molecule has 2 aromatic rings. The van der Waals surface area contributed by atoms with Crippen LogP contribution in [0.1, 0.15) is 36.6 Å². The van der Waals surface area contributed by atoms with Crippen molar-refractivity contribution >= 4 is 11.8 Å². The Labute approximate surface area is 147 Å². The normalized spacial score (nSPS) is 23.4. The van der Waals surface area contributed by atoms with Crippen LogP contribution in [0.4, 0.5) is 0 Å². The van der Waals surface area contributed by atoms with Gasteiger partial charge in [-0.3, -0.25) is 9.59 Å². The molecule has 2 fully saturated rings. The van der Waals surface area contributed by atoms with Gasteiger partial charge in [0.2, 0.25) is 11.8 Å². The van der Waals surface area contributed by atoms with E-state index in [1.54, 1.807) is 11.2 Å². The zero-order valence-corrected chi connectivity index (χ0v) is 14.1. The van der Waals surface area contributed by atoms with Gasteiger partial charge in [0.05, 0.1) is 24.8 Å². The summed E-state index contributed by atoms with van der Waals surface area (Å²) in [6.45, 7) is 1.70. The molecule has 1 aromatic heterocycles. The minimum Gasteiger partial charge on any atom is -0.467 e. The van der Waals surface area contributed by atoms with E-state index >= 15 is 0 Å². The number of hydrogen-bond donors (Lipinski definition) is 0. The maximum absolute atomic E-state index is 13.0. The van der Waals surface area contributed by atoms with Gasteiger partial charge in [0.1, 0.15) is 5.76 Å². The van der Waals surface area contributed by atoms with Crippen LogP contribution in [-0.4, -0.2) is 34.7 Å². The topological polar surface area (TPSA) is 53.8 Å². The fraction of sp³-hybridized carbons (Fsp3) is 0.400. The summed E-state index contributed by atoms with van der Waals surface area (Å²) in [5.74, 6) is 0.656. The maximum atomic E-state index is 13.0. The minimum absolute atomic E-state index is 0.0326. The van der Waals surface area contributed by atoms with Crippen molar-refractivity contribution in [2.45, 2.75) is 31.8 Å². The van der Waals surface area contributed by atoms with E-state index in [1.165, 1.54) is 5.56 Å². The van der Waals surface area contributed by atoms with Gasteiger partial charge in [-0.1, -0.05) is 30.3 Å². The predicted octanol–water partition coefficient (Wildman–Crippen LogP) is 2.99. The molecular formula is C20H22N2O3. The minimum atomic E-state index is -0.244. The number of amides is 2. The molecule has 2 amide bonds. The molecule has 0 unspecified atom stereocenters. The lowest BCUT2D eigenvalue weighted by Crippen LogP contribution is -2.37. The number of likely N-dealkylation sites (tertiary alicyclic amines) is 2. The van der Waals surface area contributed by atoms with Gasteiger partial charge in [-0.25, -0.2) is 0 Å². The SMILES string of the molecule is O=C1C[C@H](C(=O)N2CCC[C@H]2c2ccccc2)CN1Cc1ccco1. The monoisotopic (exact) mass is 338 g/mol. The molecule has 4 rings (SSSR count). The molecule has 5 heteroatoms. The number of nitrogens with zero attached hydrogens (tertiary/aromatic N) is 2. The average Bonchev–Trinajstić information content (AvgIpc) is 3.37. The second kappa shape index (κ2) is 6.75. The van der Waals surface area contributed by atoms with Crippen molar-refractivity contribution < 1.29 is 14.0 Å². The van der Waals surface area contributed by atoms with E-state index in [0.717, 1.165) is 25.1 Å². The van der Waals surface area contributed by atoms with Gasteiger partial charge in [-0.05, 0) is 30.5 Å². The van der Waals surface area contributed by atoms with E-state index in [1.807, 2.05) is 35.2 Å². The summed E-state index contributed by atoms with van der Waals surface area (Å²) in [6.07, 6.45) is 3.92. The van der Waals surface area contributed by atoms with E-state index < -0.39 is 0 Å². The molecule has 2 saturated heterocycles. The Morgan fingerprint density at radius 2 is 2.00 bits per heavy atom. The molecule has 5 nitrogen and oxygen atoms in total. The first-order valence-electron chi connectivity index (χ1n) is 8.88. The Morgan fingerprint density at radius 3 is 2.76 bits per heavy atom. The number of hydrogen-bond acceptors (Lipinski definition) is 3. The number of benzene rings is 1. The van der Waals surface area contributed by atoms with Crippen LogP contribution in [0.2, 0.25) is 0 Å². The molecule has 1 aromatic carbocycles. The third-order valence-electron chi connectivity index (χ3n) is 5.21. The Hall–Kier alpha value is -2.56. The van der Waals surface area contributed by atoms with Crippen LogP contribution in [0.25, 0.3) is 0 Å². The van der Waals surface area contributed by atoms with Crippen LogP contribution in [-0.2, 0) is 16.1 Å². The van der Waals surface area contributed by atoms with Crippen molar-refractivity contribution in [3.05, 3.63) is 60.1 Å². The highest BCUT2D eigenvalue weighted by molar-refractivity contribution is 5.89. The van der Waals surface area contributed by atoms with E-state index in [2.05, 4.69) is 12.1 Å². The molecule has 2 atom stereocenters. The highest BCUT2D eigenvalue weighted by atomic mass is 16.3. The molecule has 25 heavy (non-hydrogen) atoms. The van der Waals surface area contributed by atoms with Gasteiger partial charge in [0, 0.05) is 19.5 Å². The molecule has 0 spiro atoms. The van der Waals surface area contributed by atoms with Crippen molar-refractivity contribution in [1.82, 2.24) is 9.80 Å². The summed E-state index contributed by atoms with van der Waals surface area (Å²) >= 11 is 0. The standard InChI is InChI=1S/C20H22N2O3/c23-19-12-16(13-21(19)14-17-8-5-11-25-17)20(24)22-10-4-9-18(22)15-6-2-1-3-7-15/h1-3,5-8,11,16,18H,4,9-10,12-14H2/t16-,18-/m0/s1. The second-order valence-electron chi connectivity index (χ2n) is 6.86. The van der Waals surface area contributed by atoms with Crippen LogP contribution in [0.5, 0.6) is 0 Å². The van der Waals surface area contributed by atoms with Crippen LogP contribution in [0, 0.1) is 5.92 Å². The molecule has 130 valence electrons. The highest BCUT2D eigenvalue weighted by Gasteiger charge is 2.40. The lowest BCUT2D eigenvalue weighted by Gasteiger charge is -2.27. The largest absolute Gasteiger partial charge is 0.467 e. The molecular weight excluding hydrogens is 316 g/mol. The third-order valence-corrected chi connectivity index (χ3v) is 5.21. The number of furan rings is 1. The zero-order valence-electron chi connectivity index (χ0n) is 14.1. The predicted molar refractivity (Wildman–Crippen MR) is 92.4 cm³/mol. The van der Waals surface area contributed by atoms with Gasteiger partial charge < -0.3 is 14.2 Å². The fourth-order valence-electron chi connectivity index (χ4n) is 3.97. The summed E-state index contributed by atoms with van der Waals surface area (Å²) < 4.78 is 5.32. The van der Waals surface area contributed by atoms with E-state index in [4.69, 9.17) is 4.42 Å². The molecule has 0 bridgehead atoms. The number of carbonyl (C=O) groups is 2. The summed E-state index contributed by atoms with van der Waals surface area (Å²) in [4.78, 5) is 29.1. The molecule has 0 saturated carbocycles. The fourth-order valence-corrected chi connectivity index (χ4v) is 3.97. The van der Waals surface area contributed by atoms with Gasteiger partial charge >= 0.3 is 0 Å². The highest BCUT2D eigenvalue weighted by Crippen LogP contribution is 2.34. The van der Waals surface area contributed by atoms with Crippen molar-refractivity contribution in [2.24, 2.45) is 5.92 Å². The van der Waals surface area contributed by atoms with Gasteiger partial charge in [0.25, 0.3) is 0 Å². The van der Waals surface area contributed by atoms with E-state index in [0.29, 0.717) is 19.5 Å². The summed E-state index contributed by atoms with van der Waals surface area (Å²) in [5.41, 5.74) is 1.19. The first kappa shape index (κ1) is 15.9. The van der Waals surface area contributed by atoms with Gasteiger partial charge in [-0.15, -0.1) is 0 Å². The average molecular weight is 338 g/mol. The number of carbonyl (C=O) groups excluding carboxylic acids is 2. The first-order valence-corrected chi connectivity index (χ1v) is 8.88. The lowest BCUT2D eigenvalue weighted by molar-refractivity contribution is -0.136. The Morgan fingerprint density at radius 1 is 1.16 bits per heavy atom. The van der Waals surface area contributed by atoms with Crippen LogP contribution in [0.15, 0.2) is 53.1 Å².